The van der Waals surface area contributed by atoms with Crippen LogP contribution in [-0.2, 0) is 20.7 Å². The van der Waals surface area contributed by atoms with E-state index in [4.69, 9.17) is 9.47 Å². The lowest BCUT2D eigenvalue weighted by atomic mass is 9.82. The number of carbonyl (C=O) groups is 2. The second-order valence-corrected chi connectivity index (χ2v) is 6.93. The van der Waals surface area contributed by atoms with Gasteiger partial charge in [0.2, 0.25) is 5.91 Å². The Bertz CT molecular complexity index is 787. The van der Waals surface area contributed by atoms with E-state index in [0.29, 0.717) is 12.8 Å². The lowest BCUT2D eigenvalue weighted by molar-refractivity contribution is -0.162. The molecule has 0 radical (unpaired) electrons. The summed E-state index contributed by atoms with van der Waals surface area (Å²) in [5, 5.41) is 9.92. The van der Waals surface area contributed by atoms with Crippen LogP contribution in [0, 0.1) is 5.92 Å². The van der Waals surface area contributed by atoms with Crippen LogP contribution in [0.2, 0.25) is 0 Å². The van der Waals surface area contributed by atoms with Gasteiger partial charge < -0.3 is 19.5 Å². The zero-order valence-electron chi connectivity index (χ0n) is 14.6. The Balaban J connectivity index is 1.66. The number of benzene rings is 1. The highest BCUT2D eigenvalue weighted by molar-refractivity contribution is 6.00. The summed E-state index contributed by atoms with van der Waals surface area (Å²) in [6, 6.07) is 7.55. The third-order valence-corrected chi connectivity index (χ3v) is 5.32. The van der Waals surface area contributed by atoms with Gasteiger partial charge in [-0.1, -0.05) is 30.9 Å². The van der Waals surface area contributed by atoms with Crippen molar-refractivity contribution in [3.05, 3.63) is 53.8 Å². The number of aliphatic hydroxyl groups excluding tert-OH is 1. The molecule has 1 N–H and O–H groups in total. The van der Waals surface area contributed by atoms with E-state index < -0.39 is 18.0 Å². The van der Waals surface area contributed by atoms with E-state index >= 15 is 0 Å². The predicted molar refractivity (Wildman–Crippen MR) is 93.2 cm³/mol. The number of nitrogens with zero attached hydrogens (tertiary/aromatic N) is 1. The van der Waals surface area contributed by atoms with Gasteiger partial charge in [0.25, 0.3) is 0 Å². The van der Waals surface area contributed by atoms with E-state index in [1.165, 1.54) is 11.0 Å². The van der Waals surface area contributed by atoms with Crippen molar-refractivity contribution in [2.75, 3.05) is 6.61 Å². The largest absolute Gasteiger partial charge is 0.485 e. The lowest BCUT2D eigenvalue weighted by Crippen LogP contribution is -2.61. The fourth-order valence-corrected chi connectivity index (χ4v) is 4.16. The van der Waals surface area contributed by atoms with Gasteiger partial charge in [0, 0.05) is 12.0 Å². The summed E-state index contributed by atoms with van der Waals surface area (Å²) in [5.41, 5.74) is 2.13. The Morgan fingerprint density at radius 3 is 2.92 bits per heavy atom. The van der Waals surface area contributed by atoms with Crippen LogP contribution in [0.15, 0.2) is 48.2 Å². The Morgan fingerprint density at radius 1 is 1.46 bits per heavy atom. The molecule has 0 saturated carbocycles. The number of carbonyl (C=O) groups excluding carboxylic acids is 2. The summed E-state index contributed by atoms with van der Waals surface area (Å²) in [7, 11) is 0. The SMILES string of the molecule is C=CCOC(=O)C1=C([C@@H]2Cc3ccccc3O2)C[C@@H]2[C@@H]([C@@H](C)O)C(=O)N12. The van der Waals surface area contributed by atoms with Crippen LogP contribution in [0.1, 0.15) is 18.9 Å². The summed E-state index contributed by atoms with van der Waals surface area (Å²) in [4.78, 5) is 26.6. The molecule has 1 saturated heterocycles. The number of β-lactam (4-membered cyclic amide) rings is 1. The first kappa shape index (κ1) is 16.8. The highest BCUT2D eigenvalue weighted by Crippen LogP contribution is 2.47. The molecule has 0 bridgehead atoms. The van der Waals surface area contributed by atoms with Crippen LogP contribution in [0.5, 0.6) is 5.75 Å². The molecule has 6 heteroatoms. The van der Waals surface area contributed by atoms with Crippen molar-refractivity contribution in [2.45, 2.75) is 38.0 Å². The van der Waals surface area contributed by atoms with Crippen LogP contribution in [0.25, 0.3) is 0 Å². The summed E-state index contributed by atoms with van der Waals surface area (Å²) in [5.74, 6) is -0.463. The van der Waals surface area contributed by atoms with Crippen molar-refractivity contribution < 1.29 is 24.2 Å². The number of hydrogen-bond donors (Lipinski definition) is 1. The Hall–Kier alpha value is -2.60. The minimum Gasteiger partial charge on any atom is -0.485 e. The van der Waals surface area contributed by atoms with Crippen molar-refractivity contribution in [2.24, 2.45) is 5.92 Å². The number of esters is 1. The molecule has 1 aromatic rings. The second-order valence-electron chi connectivity index (χ2n) is 6.93. The Labute approximate surface area is 151 Å². The normalized spacial score (nSPS) is 27.4. The average Bonchev–Trinajstić information content (AvgIpc) is 3.18. The van der Waals surface area contributed by atoms with Gasteiger partial charge in [0.05, 0.1) is 18.1 Å². The van der Waals surface area contributed by atoms with Gasteiger partial charge in [-0.3, -0.25) is 4.79 Å². The first-order valence-corrected chi connectivity index (χ1v) is 8.79. The molecular weight excluding hydrogens is 334 g/mol. The van der Waals surface area contributed by atoms with E-state index in [1.54, 1.807) is 6.92 Å². The lowest BCUT2D eigenvalue weighted by Gasteiger charge is -2.44. The van der Waals surface area contributed by atoms with E-state index in [2.05, 4.69) is 6.58 Å². The topological polar surface area (TPSA) is 76.1 Å². The molecule has 3 aliphatic heterocycles. The number of aliphatic hydroxyl groups is 1. The number of rotatable bonds is 5. The highest BCUT2D eigenvalue weighted by Gasteiger charge is 2.58. The fourth-order valence-electron chi connectivity index (χ4n) is 4.16. The van der Waals surface area contributed by atoms with Crippen molar-refractivity contribution in [3.63, 3.8) is 0 Å². The van der Waals surface area contributed by atoms with Gasteiger partial charge >= 0.3 is 5.97 Å². The van der Waals surface area contributed by atoms with Crippen LogP contribution < -0.4 is 4.74 Å². The number of fused-ring (bicyclic) bond motifs is 2. The maximum atomic E-state index is 12.6. The summed E-state index contributed by atoms with van der Waals surface area (Å²) >= 11 is 0. The molecule has 1 amide bonds. The van der Waals surface area contributed by atoms with Crippen molar-refractivity contribution >= 4 is 11.9 Å². The molecule has 1 fully saturated rings. The van der Waals surface area contributed by atoms with Gasteiger partial charge in [0.1, 0.15) is 24.2 Å². The molecule has 6 nitrogen and oxygen atoms in total. The van der Waals surface area contributed by atoms with Crippen LogP contribution in [-0.4, -0.2) is 46.7 Å². The first-order chi connectivity index (χ1) is 12.5. The first-order valence-electron chi connectivity index (χ1n) is 8.79. The highest BCUT2D eigenvalue weighted by atomic mass is 16.5. The standard InChI is InChI=1S/C20H21NO5/c1-3-8-25-20(24)18-13(10-14-17(11(2)22)19(23)21(14)18)16-9-12-6-4-5-7-15(12)26-16/h3-7,11,14,16-17,22H,1,8-10H2,2H3/t11-,14-,16+,17-/m1/s1. The number of amides is 1. The van der Waals surface area contributed by atoms with Gasteiger partial charge in [0.15, 0.2) is 0 Å². The van der Waals surface area contributed by atoms with Crippen LogP contribution >= 0.6 is 0 Å². The van der Waals surface area contributed by atoms with E-state index in [0.717, 1.165) is 16.9 Å². The number of ether oxygens (including phenoxy) is 2. The zero-order valence-corrected chi connectivity index (χ0v) is 14.6. The number of hydrogen-bond acceptors (Lipinski definition) is 5. The van der Waals surface area contributed by atoms with Crippen LogP contribution in [0.4, 0.5) is 0 Å². The van der Waals surface area contributed by atoms with Gasteiger partial charge in [-0.15, -0.1) is 0 Å². The molecule has 4 atom stereocenters. The fraction of sp³-hybridized carbons (Fsp3) is 0.400. The molecule has 4 rings (SSSR count). The van der Waals surface area contributed by atoms with E-state index in [-0.39, 0.29) is 30.4 Å². The van der Waals surface area contributed by atoms with Crippen LogP contribution in [0.3, 0.4) is 0 Å². The molecule has 0 aliphatic carbocycles. The third kappa shape index (κ3) is 2.44. The zero-order chi connectivity index (χ0) is 18.4. The molecule has 1 aromatic carbocycles. The van der Waals surface area contributed by atoms with E-state index in [9.17, 15) is 14.7 Å². The molecule has 136 valence electrons. The molecule has 3 heterocycles. The predicted octanol–water partition coefficient (Wildman–Crippen LogP) is 1.58. The summed E-state index contributed by atoms with van der Waals surface area (Å²) in [6.45, 7) is 5.23. The minimum absolute atomic E-state index is 0.0773. The maximum Gasteiger partial charge on any atom is 0.355 e. The molecular formula is C20H21NO5. The molecule has 0 spiro atoms. The van der Waals surface area contributed by atoms with Gasteiger partial charge in [-0.05, 0) is 25.0 Å². The molecule has 3 aliphatic rings. The average molecular weight is 355 g/mol. The van der Waals surface area contributed by atoms with Crippen molar-refractivity contribution in [1.82, 2.24) is 4.90 Å². The number of para-hydroxylation sites is 1. The maximum absolute atomic E-state index is 12.6. The molecule has 0 unspecified atom stereocenters. The van der Waals surface area contributed by atoms with Crippen molar-refractivity contribution in [1.29, 1.82) is 0 Å². The summed E-state index contributed by atoms with van der Waals surface area (Å²) < 4.78 is 11.3. The minimum atomic E-state index is -0.754. The Morgan fingerprint density at radius 2 is 2.23 bits per heavy atom. The van der Waals surface area contributed by atoms with Crippen molar-refractivity contribution in [3.8, 4) is 5.75 Å². The van der Waals surface area contributed by atoms with Gasteiger partial charge in [-0.2, -0.15) is 0 Å². The summed E-state index contributed by atoms with van der Waals surface area (Å²) in [6.07, 6.45) is 1.60. The monoisotopic (exact) mass is 355 g/mol. The second kappa shape index (κ2) is 6.29. The van der Waals surface area contributed by atoms with Gasteiger partial charge in [-0.25, -0.2) is 4.79 Å². The smallest absolute Gasteiger partial charge is 0.355 e. The van der Waals surface area contributed by atoms with E-state index in [1.807, 2.05) is 24.3 Å². The third-order valence-electron chi connectivity index (χ3n) is 5.32. The quantitative estimate of drug-likeness (QED) is 0.493. The molecule has 0 aromatic heterocycles. The molecule has 26 heavy (non-hydrogen) atoms. The Kier molecular flexibility index (Phi) is 4.07.